The minimum atomic E-state index is 0.152. The number of likely N-dealkylation sites (tertiary alicyclic amines) is 1. The highest BCUT2D eigenvalue weighted by atomic mass is 16.2. The summed E-state index contributed by atoms with van der Waals surface area (Å²) < 4.78 is 0. The molecule has 0 saturated carbocycles. The molecule has 0 bridgehead atoms. The van der Waals surface area contributed by atoms with E-state index >= 15 is 0 Å². The molecular formula is C16H20N4O. The Bertz CT molecular complexity index is 591. The number of carbonyl (C=O) groups excluding carboxylic acids is 1. The highest BCUT2D eigenvalue weighted by Gasteiger charge is 2.28. The summed E-state index contributed by atoms with van der Waals surface area (Å²) in [5, 5.41) is 6.85. The maximum absolute atomic E-state index is 12.6. The summed E-state index contributed by atoms with van der Waals surface area (Å²) in [6.45, 7) is 0.823. The Morgan fingerprint density at radius 1 is 1.33 bits per heavy atom. The van der Waals surface area contributed by atoms with Gasteiger partial charge in [-0.1, -0.05) is 12.1 Å². The third kappa shape index (κ3) is 3.07. The van der Waals surface area contributed by atoms with Crippen molar-refractivity contribution in [3.05, 3.63) is 47.8 Å². The van der Waals surface area contributed by atoms with Crippen LogP contribution >= 0.6 is 0 Å². The number of anilines is 1. The first-order valence-corrected chi connectivity index (χ1v) is 7.36. The summed E-state index contributed by atoms with van der Waals surface area (Å²) in [5.41, 5.74) is 8.51. The summed E-state index contributed by atoms with van der Waals surface area (Å²) in [6.07, 6.45) is 7.37. The second-order valence-corrected chi connectivity index (χ2v) is 5.55. The molecule has 3 rings (SSSR count). The lowest BCUT2D eigenvalue weighted by Gasteiger charge is -2.35. The van der Waals surface area contributed by atoms with Crippen molar-refractivity contribution >= 4 is 11.6 Å². The van der Waals surface area contributed by atoms with Crippen molar-refractivity contribution in [3.63, 3.8) is 0 Å². The van der Waals surface area contributed by atoms with Gasteiger partial charge in [0.2, 0.25) is 5.91 Å². The number of hydrogen-bond acceptors (Lipinski definition) is 3. The van der Waals surface area contributed by atoms with Crippen LogP contribution in [0.15, 0.2) is 36.7 Å². The highest BCUT2D eigenvalue weighted by molar-refractivity contribution is 5.79. The minimum absolute atomic E-state index is 0.152. The first kappa shape index (κ1) is 13.7. The average molecular weight is 284 g/mol. The number of piperidine rings is 1. The van der Waals surface area contributed by atoms with Crippen LogP contribution in [-0.4, -0.2) is 27.5 Å². The number of carbonyl (C=O) groups is 1. The van der Waals surface area contributed by atoms with Gasteiger partial charge in [0.05, 0.1) is 18.7 Å². The zero-order valence-corrected chi connectivity index (χ0v) is 12.0. The SMILES string of the molecule is Nc1ccc(CC(=O)N2CCCCC2c2cn[nH]c2)cc1. The molecule has 0 spiro atoms. The monoisotopic (exact) mass is 284 g/mol. The Morgan fingerprint density at radius 3 is 2.86 bits per heavy atom. The van der Waals surface area contributed by atoms with E-state index in [4.69, 9.17) is 5.73 Å². The molecule has 5 nitrogen and oxygen atoms in total. The van der Waals surface area contributed by atoms with Gasteiger partial charge in [0.25, 0.3) is 0 Å². The Morgan fingerprint density at radius 2 is 2.14 bits per heavy atom. The van der Waals surface area contributed by atoms with Crippen LogP contribution < -0.4 is 5.73 Å². The van der Waals surface area contributed by atoms with Crippen molar-refractivity contribution in [2.45, 2.75) is 31.7 Å². The van der Waals surface area contributed by atoms with Gasteiger partial charge in [-0.05, 0) is 37.0 Å². The molecule has 1 amide bonds. The molecule has 1 aliphatic rings. The molecule has 0 aliphatic carbocycles. The fourth-order valence-corrected chi connectivity index (χ4v) is 2.93. The van der Waals surface area contributed by atoms with Crippen molar-refractivity contribution < 1.29 is 4.79 Å². The molecule has 3 N–H and O–H groups in total. The van der Waals surface area contributed by atoms with E-state index in [2.05, 4.69) is 10.2 Å². The third-order valence-corrected chi connectivity index (χ3v) is 4.06. The maximum atomic E-state index is 12.6. The van der Waals surface area contributed by atoms with Crippen LogP contribution in [-0.2, 0) is 11.2 Å². The molecule has 2 aromatic rings. The number of benzene rings is 1. The van der Waals surface area contributed by atoms with E-state index < -0.39 is 0 Å². The molecule has 1 fully saturated rings. The number of nitrogens with one attached hydrogen (secondary N) is 1. The van der Waals surface area contributed by atoms with Crippen molar-refractivity contribution in [2.75, 3.05) is 12.3 Å². The number of hydrogen-bond donors (Lipinski definition) is 2. The summed E-state index contributed by atoms with van der Waals surface area (Å²) >= 11 is 0. The predicted octanol–water partition coefficient (Wildman–Crippen LogP) is 2.29. The van der Waals surface area contributed by atoms with Crippen LogP contribution in [0.5, 0.6) is 0 Å². The maximum Gasteiger partial charge on any atom is 0.227 e. The lowest BCUT2D eigenvalue weighted by atomic mass is 9.96. The fourth-order valence-electron chi connectivity index (χ4n) is 2.93. The van der Waals surface area contributed by atoms with E-state index in [0.29, 0.717) is 6.42 Å². The van der Waals surface area contributed by atoms with Gasteiger partial charge in [-0.2, -0.15) is 5.10 Å². The van der Waals surface area contributed by atoms with Gasteiger partial charge in [-0.3, -0.25) is 9.89 Å². The van der Waals surface area contributed by atoms with Crippen LogP contribution in [0, 0.1) is 0 Å². The summed E-state index contributed by atoms with van der Waals surface area (Å²) in [5.74, 6) is 0.172. The first-order chi connectivity index (χ1) is 10.2. The van der Waals surface area contributed by atoms with Crippen molar-refractivity contribution in [1.82, 2.24) is 15.1 Å². The number of nitrogen functional groups attached to an aromatic ring is 1. The highest BCUT2D eigenvalue weighted by Crippen LogP contribution is 2.30. The summed E-state index contributed by atoms with van der Waals surface area (Å²) in [4.78, 5) is 14.6. The second kappa shape index (κ2) is 5.99. The van der Waals surface area contributed by atoms with Crippen LogP contribution in [0.3, 0.4) is 0 Å². The lowest BCUT2D eigenvalue weighted by molar-refractivity contribution is -0.134. The normalized spacial score (nSPS) is 18.7. The van der Waals surface area contributed by atoms with E-state index in [-0.39, 0.29) is 11.9 Å². The number of nitrogens with two attached hydrogens (primary N) is 1. The van der Waals surface area contributed by atoms with Crippen LogP contribution in [0.2, 0.25) is 0 Å². The zero-order valence-electron chi connectivity index (χ0n) is 12.0. The number of rotatable bonds is 3. The summed E-state index contributed by atoms with van der Waals surface area (Å²) in [6, 6.07) is 7.67. The molecule has 1 unspecified atom stereocenters. The largest absolute Gasteiger partial charge is 0.399 e. The predicted molar refractivity (Wildman–Crippen MR) is 81.5 cm³/mol. The Balaban J connectivity index is 1.73. The standard InChI is InChI=1S/C16H20N4O/c17-14-6-4-12(5-7-14)9-16(21)20-8-2-1-3-15(20)13-10-18-19-11-13/h4-7,10-11,15H,1-3,8-9,17H2,(H,18,19). The van der Waals surface area contributed by atoms with Gasteiger partial charge in [0.1, 0.15) is 0 Å². The number of amides is 1. The first-order valence-electron chi connectivity index (χ1n) is 7.36. The fraction of sp³-hybridized carbons (Fsp3) is 0.375. The van der Waals surface area contributed by atoms with Crippen LogP contribution in [0.4, 0.5) is 5.69 Å². The van der Waals surface area contributed by atoms with E-state index in [1.54, 1.807) is 0 Å². The van der Waals surface area contributed by atoms with Crippen LogP contribution in [0.1, 0.15) is 36.4 Å². The molecule has 1 saturated heterocycles. The van der Waals surface area contributed by atoms with Gasteiger partial charge in [0.15, 0.2) is 0 Å². The van der Waals surface area contributed by atoms with Gasteiger partial charge >= 0.3 is 0 Å². The van der Waals surface area contributed by atoms with E-state index in [0.717, 1.165) is 42.6 Å². The summed E-state index contributed by atoms with van der Waals surface area (Å²) in [7, 11) is 0. The quantitative estimate of drug-likeness (QED) is 0.849. The molecule has 5 heteroatoms. The molecule has 0 radical (unpaired) electrons. The Kier molecular flexibility index (Phi) is 3.90. The van der Waals surface area contributed by atoms with Gasteiger partial charge in [-0.15, -0.1) is 0 Å². The van der Waals surface area contributed by atoms with E-state index in [1.807, 2.05) is 41.6 Å². The van der Waals surface area contributed by atoms with Crippen LogP contribution in [0.25, 0.3) is 0 Å². The van der Waals surface area contributed by atoms with Crippen molar-refractivity contribution in [2.24, 2.45) is 0 Å². The number of aromatic nitrogens is 2. The molecule has 21 heavy (non-hydrogen) atoms. The lowest BCUT2D eigenvalue weighted by Crippen LogP contribution is -2.39. The van der Waals surface area contributed by atoms with Gasteiger partial charge in [0, 0.05) is 24.0 Å². The van der Waals surface area contributed by atoms with E-state index in [9.17, 15) is 4.79 Å². The molecule has 1 atom stereocenters. The second-order valence-electron chi connectivity index (χ2n) is 5.55. The van der Waals surface area contributed by atoms with E-state index in [1.165, 1.54) is 0 Å². The molecule has 1 aromatic heterocycles. The Labute approximate surface area is 124 Å². The topological polar surface area (TPSA) is 75.0 Å². The molecule has 110 valence electrons. The third-order valence-electron chi connectivity index (χ3n) is 4.06. The molecule has 1 aromatic carbocycles. The van der Waals surface area contributed by atoms with Crippen molar-refractivity contribution in [1.29, 1.82) is 0 Å². The van der Waals surface area contributed by atoms with Crippen molar-refractivity contribution in [3.8, 4) is 0 Å². The average Bonchev–Trinajstić information content (AvgIpc) is 3.04. The zero-order chi connectivity index (χ0) is 14.7. The Hall–Kier alpha value is -2.30. The number of aromatic amines is 1. The molecule has 1 aliphatic heterocycles. The van der Waals surface area contributed by atoms with Gasteiger partial charge < -0.3 is 10.6 Å². The molecule has 2 heterocycles. The number of nitrogens with zero attached hydrogens (tertiary/aromatic N) is 2. The minimum Gasteiger partial charge on any atom is -0.399 e. The number of H-pyrrole nitrogens is 1. The van der Waals surface area contributed by atoms with Gasteiger partial charge in [-0.25, -0.2) is 0 Å². The molecular weight excluding hydrogens is 264 g/mol. The smallest absolute Gasteiger partial charge is 0.227 e.